The summed E-state index contributed by atoms with van der Waals surface area (Å²) in [5, 5.41) is 0. The molecule has 0 bridgehead atoms. The van der Waals surface area contributed by atoms with Gasteiger partial charge in [0.2, 0.25) is 0 Å². The summed E-state index contributed by atoms with van der Waals surface area (Å²) in [4.78, 5) is 12.6. The molecule has 25 heavy (non-hydrogen) atoms. The lowest BCUT2D eigenvalue weighted by molar-refractivity contribution is -0.151. The van der Waals surface area contributed by atoms with Crippen molar-refractivity contribution in [2.75, 3.05) is 21.3 Å². The summed E-state index contributed by atoms with van der Waals surface area (Å²) in [6.07, 6.45) is 0. The number of ether oxygens (including phenoxy) is 3. The third kappa shape index (κ3) is 3.63. The van der Waals surface area contributed by atoms with Crippen LogP contribution in [0.15, 0.2) is 42.5 Å². The van der Waals surface area contributed by atoms with Crippen LogP contribution in [-0.4, -0.2) is 27.3 Å². The fraction of sp³-hybridized carbons (Fsp3) is 0.381. The Hall–Kier alpha value is -2.49. The molecular formula is C21H26O4. The zero-order chi connectivity index (χ0) is 18.6. The molecule has 1 atom stereocenters. The Bertz CT molecular complexity index is 710. The van der Waals surface area contributed by atoms with Crippen LogP contribution in [0.1, 0.15) is 36.5 Å². The largest absolute Gasteiger partial charge is 0.496 e. The quantitative estimate of drug-likeness (QED) is 0.733. The zero-order valence-corrected chi connectivity index (χ0v) is 15.8. The van der Waals surface area contributed by atoms with E-state index >= 15 is 0 Å². The van der Waals surface area contributed by atoms with E-state index in [2.05, 4.69) is 0 Å². The molecule has 0 fully saturated rings. The predicted molar refractivity (Wildman–Crippen MR) is 98.4 cm³/mol. The lowest BCUT2D eigenvalue weighted by atomic mass is 9.70. The molecule has 0 aliphatic carbocycles. The zero-order valence-electron chi connectivity index (χ0n) is 15.8. The maximum atomic E-state index is 12.6. The highest BCUT2D eigenvalue weighted by Crippen LogP contribution is 2.49. The number of esters is 1. The number of hydrogen-bond acceptors (Lipinski definition) is 4. The molecule has 4 nitrogen and oxygen atoms in total. The van der Waals surface area contributed by atoms with E-state index in [1.54, 1.807) is 14.2 Å². The summed E-state index contributed by atoms with van der Waals surface area (Å²) in [5.41, 5.74) is 2.06. The van der Waals surface area contributed by atoms with Gasteiger partial charge in [0.25, 0.3) is 0 Å². The molecule has 0 aliphatic rings. The minimum absolute atomic E-state index is 0.286. The second-order valence-corrected chi connectivity index (χ2v) is 6.64. The van der Waals surface area contributed by atoms with Gasteiger partial charge in [-0.25, -0.2) is 0 Å². The molecule has 0 radical (unpaired) electrons. The van der Waals surface area contributed by atoms with Crippen LogP contribution in [0, 0.1) is 12.3 Å². The van der Waals surface area contributed by atoms with Crippen molar-refractivity contribution in [1.29, 1.82) is 0 Å². The van der Waals surface area contributed by atoms with Crippen LogP contribution in [-0.2, 0) is 9.53 Å². The molecule has 0 spiro atoms. The summed E-state index contributed by atoms with van der Waals surface area (Å²) in [6.45, 7) is 5.75. The van der Waals surface area contributed by atoms with Crippen LogP contribution < -0.4 is 9.47 Å². The first-order chi connectivity index (χ1) is 11.9. The highest BCUT2D eigenvalue weighted by atomic mass is 16.5. The maximum absolute atomic E-state index is 12.6. The third-order valence-electron chi connectivity index (χ3n) is 4.54. The smallest absolute Gasteiger partial charge is 0.312 e. The summed E-state index contributed by atoms with van der Waals surface area (Å²) >= 11 is 0. The fourth-order valence-electron chi connectivity index (χ4n) is 3.33. The van der Waals surface area contributed by atoms with Gasteiger partial charge in [-0.15, -0.1) is 0 Å². The summed E-state index contributed by atoms with van der Waals surface area (Å²) in [5.74, 6) is 0.822. The highest BCUT2D eigenvalue weighted by molar-refractivity contribution is 5.79. The van der Waals surface area contributed by atoms with Crippen molar-refractivity contribution >= 4 is 5.97 Å². The van der Waals surface area contributed by atoms with Gasteiger partial charge in [-0.2, -0.15) is 0 Å². The van der Waals surface area contributed by atoms with E-state index in [1.165, 1.54) is 7.11 Å². The lowest BCUT2D eigenvalue weighted by Crippen LogP contribution is -2.33. The van der Waals surface area contributed by atoms with Gasteiger partial charge < -0.3 is 14.2 Å². The molecule has 0 saturated carbocycles. The SMILES string of the molecule is COC(=O)C(C)(C)C(c1ccccc1)c1c(OC)cc(C)cc1OC. The van der Waals surface area contributed by atoms with Crippen LogP contribution in [0.25, 0.3) is 0 Å². The summed E-state index contributed by atoms with van der Waals surface area (Å²) in [6, 6.07) is 13.8. The summed E-state index contributed by atoms with van der Waals surface area (Å²) < 4.78 is 16.4. The van der Waals surface area contributed by atoms with Crippen LogP contribution in [0.2, 0.25) is 0 Å². The number of rotatable bonds is 6. The molecule has 0 aliphatic heterocycles. The first kappa shape index (κ1) is 18.8. The van der Waals surface area contributed by atoms with Crippen molar-refractivity contribution in [3.8, 4) is 11.5 Å². The number of hydrogen-bond donors (Lipinski definition) is 0. The minimum atomic E-state index is -0.814. The molecule has 2 aromatic rings. The van der Waals surface area contributed by atoms with Crippen molar-refractivity contribution in [1.82, 2.24) is 0 Å². The fourth-order valence-corrected chi connectivity index (χ4v) is 3.33. The average molecular weight is 342 g/mol. The maximum Gasteiger partial charge on any atom is 0.312 e. The Kier molecular flexibility index (Phi) is 5.73. The third-order valence-corrected chi connectivity index (χ3v) is 4.54. The van der Waals surface area contributed by atoms with Gasteiger partial charge in [-0.05, 0) is 44.0 Å². The molecule has 2 aromatic carbocycles. The Morgan fingerprint density at radius 1 is 0.960 bits per heavy atom. The molecular weight excluding hydrogens is 316 g/mol. The van der Waals surface area contributed by atoms with E-state index in [-0.39, 0.29) is 11.9 Å². The minimum Gasteiger partial charge on any atom is -0.496 e. The van der Waals surface area contributed by atoms with Crippen LogP contribution in [0.3, 0.4) is 0 Å². The van der Waals surface area contributed by atoms with Crippen LogP contribution >= 0.6 is 0 Å². The number of benzene rings is 2. The number of methoxy groups -OCH3 is 3. The normalized spacial score (nSPS) is 12.4. The summed E-state index contributed by atoms with van der Waals surface area (Å²) in [7, 11) is 4.67. The highest BCUT2D eigenvalue weighted by Gasteiger charge is 2.42. The Morgan fingerprint density at radius 2 is 1.48 bits per heavy atom. The number of carbonyl (C=O) groups excluding carboxylic acids is 1. The number of aryl methyl sites for hydroxylation is 1. The molecule has 0 heterocycles. The first-order valence-electron chi connectivity index (χ1n) is 8.22. The standard InChI is InChI=1S/C21H26O4/c1-14-12-16(23-4)18(17(13-14)24-5)19(15-10-8-7-9-11-15)21(2,3)20(22)25-6/h7-13,19H,1-6H3. The molecule has 0 saturated heterocycles. The molecule has 0 N–H and O–H groups in total. The Labute approximate surface area is 149 Å². The molecule has 134 valence electrons. The molecule has 0 aromatic heterocycles. The molecule has 4 heteroatoms. The van der Waals surface area contributed by atoms with Gasteiger partial charge in [-0.1, -0.05) is 30.3 Å². The van der Waals surface area contributed by atoms with Crippen molar-refractivity contribution < 1.29 is 19.0 Å². The molecule has 1 unspecified atom stereocenters. The average Bonchev–Trinajstić information content (AvgIpc) is 2.62. The van der Waals surface area contributed by atoms with E-state index < -0.39 is 5.41 Å². The monoisotopic (exact) mass is 342 g/mol. The number of carbonyl (C=O) groups is 1. The Morgan fingerprint density at radius 3 is 1.92 bits per heavy atom. The van der Waals surface area contributed by atoms with E-state index in [4.69, 9.17) is 14.2 Å². The van der Waals surface area contributed by atoms with Gasteiger partial charge in [0, 0.05) is 11.5 Å². The van der Waals surface area contributed by atoms with Gasteiger partial charge in [0.05, 0.1) is 26.7 Å². The van der Waals surface area contributed by atoms with Gasteiger partial charge in [0.1, 0.15) is 11.5 Å². The topological polar surface area (TPSA) is 44.8 Å². The van der Waals surface area contributed by atoms with Gasteiger partial charge >= 0.3 is 5.97 Å². The van der Waals surface area contributed by atoms with Gasteiger partial charge in [0.15, 0.2) is 0 Å². The van der Waals surface area contributed by atoms with E-state index in [9.17, 15) is 4.79 Å². The Balaban J connectivity index is 2.80. The van der Waals surface area contributed by atoms with Gasteiger partial charge in [-0.3, -0.25) is 4.79 Å². The van der Waals surface area contributed by atoms with E-state index in [0.29, 0.717) is 11.5 Å². The first-order valence-corrected chi connectivity index (χ1v) is 8.22. The second-order valence-electron chi connectivity index (χ2n) is 6.64. The van der Waals surface area contributed by atoms with Crippen LogP contribution in [0.5, 0.6) is 11.5 Å². The van der Waals surface area contributed by atoms with Crippen molar-refractivity contribution in [3.05, 3.63) is 59.2 Å². The van der Waals surface area contributed by atoms with Crippen molar-refractivity contribution in [2.45, 2.75) is 26.7 Å². The molecule has 0 amide bonds. The van der Waals surface area contributed by atoms with Crippen LogP contribution in [0.4, 0.5) is 0 Å². The lowest BCUT2D eigenvalue weighted by Gasteiger charge is -2.34. The van der Waals surface area contributed by atoms with Crippen molar-refractivity contribution in [2.24, 2.45) is 5.41 Å². The molecule has 2 rings (SSSR count). The van der Waals surface area contributed by atoms with E-state index in [1.807, 2.05) is 63.2 Å². The van der Waals surface area contributed by atoms with Crippen molar-refractivity contribution in [3.63, 3.8) is 0 Å². The van der Waals surface area contributed by atoms with E-state index in [0.717, 1.165) is 16.7 Å². The second kappa shape index (κ2) is 7.60. The predicted octanol–water partition coefficient (Wildman–Crippen LogP) is 4.34.